The number of carbonyl (C=O) groups is 2. The number of ether oxygens (including phenoxy) is 1. The molecule has 0 fully saturated rings. The summed E-state index contributed by atoms with van der Waals surface area (Å²) in [5.74, 6) is -1.09. The van der Waals surface area contributed by atoms with Gasteiger partial charge in [0.05, 0.1) is 6.54 Å². The number of nitrogens with one attached hydrogen (secondary N) is 2. The molecule has 0 aliphatic rings. The molecule has 0 aliphatic carbocycles. The first-order chi connectivity index (χ1) is 7.76. The molecule has 0 spiro atoms. The van der Waals surface area contributed by atoms with Gasteiger partial charge in [-0.05, 0) is 11.8 Å². The van der Waals surface area contributed by atoms with Gasteiger partial charge in [-0.2, -0.15) is 0 Å². The molecule has 0 aromatic heterocycles. The second-order valence-corrected chi connectivity index (χ2v) is 5.01. The molecular formula is C11H22N2O4. The van der Waals surface area contributed by atoms with Gasteiger partial charge in [-0.15, -0.1) is 0 Å². The van der Waals surface area contributed by atoms with E-state index in [9.17, 15) is 9.59 Å². The van der Waals surface area contributed by atoms with Crippen molar-refractivity contribution in [3.05, 3.63) is 0 Å². The Morgan fingerprint density at radius 3 is 2.29 bits per heavy atom. The molecule has 6 nitrogen and oxygen atoms in total. The van der Waals surface area contributed by atoms with Gasteiger partial charge in [-0.3, -0.25) is 0 Å². The van der Waals surface area contributed by atoms with Gasteiger partial charge in [-0.1, -0.05) is 20.8 Å². The van der Waals surface area contributed by atoms with E-state index in [1.807, 2.05) is 0 Å². The molecule has 100 valence electrons. The lowest BCUT2D eigenvalue weighted by Gasteiger charge is -2.18. The Kier molecular flexibility index (Phi) is 6.57. The van der Waals surface area contributed by atoms with Crippen molar-refractivity contribution in [3.63, 3.8) is 0 Å². The van der Waals surface area contributed by atoms with E-state index in [0.717, 1.165) is 6.42 Å². The number of aliphatic carboxylic acids is 1. The zero-order chi connectivity index (χ0) is 13.5. The van der Waals surface area contributed by atoms with Gasteiger partial charge in [-0.25, -0.2) is 9.59 Å². The molecule has 0 rings (SSSR count). The summed E-state index contributed by atoms with van der Waals surface area (Å²) in [6, 6.07) is -0.377. The molecule has 0 radical (unpaired) electrons. The van der Waals surface area contributed by atoms with Crippen LogP contribution in [0.15, 0.2) is 0 Å². The van der Waals surface area contributed by atoms with E-state index in [2.05, 4.69) is 36.1 Å². The van der Waals surface area contributed by atoms with Crippen LogP contribution in [-0.4, -0.2) is 43.4 Å². The van der Waals surface area contributed by atoms with Crippen molar-refractivity contribution in [2.24, 2.45) is 5.41 Å². The van der Waals surface area contributed by atoms with Crippen LogP contribution in [0, 0.1) is 5.41 Å². The minimum absolute atomic E-state index is 0.0484. The highest BCUT2D eigenvalue weighted by Crippen LogP contribution is 2.16. The van der Waals surface area contributed by atoms with Crippen molar-refractivity contribution < 1.29 is 19.4 Å². The van der Waals surface area contributed by atoms with Crippen molar-refractivity contribution in [1.82, 2.24) is 10.6 Å². The molecule has 17 heavy (non-hydrogen) atoms. The van der Waals surface area contributed by atoms with Gasteiger partial charge in [0, 0.05) is 13.7 Å². The van der Waals surface area contributed by atoms with E-state index in [0.29, 0.717) is 6.54 Å². The number of amides is 2. The zero-order valence-electron chi connectivity index (χ0n) is 10.9. The van der Waals surface area contributed by atoms with Crippen molar-refractivity contribution in [2.45, 2.75) is 33.3 Å². The first kappa shape index (κ1) is 15.7. The maximum atomic E-state index is 11.3. The summed E-state index contributed by atoms with van der Waals surface area (Å²) < 4.78 is 4.68. The van der Waals surface area contributed by atoms with E-state index in [-0.39, 0.29) is 18.0 Å². The molecule has 0 aromatic carbocycles. The molecule has 3 N–H and O–H groups in total. The SMILES string of the molecule is COC(CNC(=O)NCCC(C)(C)C)C(=O)O. The molecular weight excluding hydrogens is 224 g/mol. The molecule has 0 saturated heterocycles. The van der Waals surface area contributed by atoms with Crippen LogP contribution in [0.2, 0.25) is 0 Å². The first-order valence-electron chi connectivity index (χ1n) is 5.53. The fourth-order valence-electron chi connectivity index (χ4n) is 1.07. The Morgan fingerprint density at radius 2 is 1.88 bits per heavy atom. The third kappa shape index (κ3) is 8.50. The monoisotopic (exact) mass is 246 g/mol. The minimum atomic E-state index is -1.09. The van der Waals surface area contributed by atoms with Gasteiger partial charge < -0.3 is 20.5 Å². The second-order valence-electron chi connectivity index (χ2n) is 5.01. The number of hydrogen-bond acceptors (Lipinski definition) is 3. The lowest BCUT2D eigenvalue weighted by atomic mass is 9.92. The van der Waals surface area contributed by atoms with Crippen molar-refractivity contribution in [2.75, 3.05) is 20.2 Å². The molecule has 0 saturated carbocycles. The highest BCUT2D eigenvalue weighted by molar-refractivity contribution is 5.76. The van der Waals surface area contributed by atoms with Crippen LogP contribution in [0.3, 0.4) is 0 Å². The first-order valence-corrected chi connectivity index (χ1v) is 5.53. The maximum absolute atomic E-state index is 11.3. The fourth-order valence-corrected chi connectivity index (χ4v) is 1.07. The lowest BCUT2D eigenvalue weighted by molar-refractivity contribution is -0.147. The molecule has 1 unspecified atom stereocenters. The van der Waals surface area contributed by atoms with Crippen LogP contribution >= 0.6 is 0 Å². The summed E-state index contributed by atoms with van der Waals surface area (Å²) >= 11 is 0. The zero-order valence-corrected chi connectivity index (χ0v) is 10.9. The molecule has 0 bridgehead atoms. The third-order valence-electron chi connectivity index (χ3n) is 2.17. The van der Waals surface area contributed by atoms with Crippen LogP contribution in [0.25, 0.3) is 0 Å². The van der Waals surface area contributed by atoms with E-state index in [1.165, 1.54) is 7.11 Å². The van der Waals surface area contributed by atoms with Gasteiger partial charge in [0.1, 0.15) is 0 Å². The third-order valence-corrected chi connectivity index (χ3v) is 2.17. The Bertz CT molecular complexity index is 261. The van der Waals surface area contributed by atoms with Crippen LogP contribution in [0.5, 0.6) is 0 Å². The Hall–Kier alpha value is -1.30. The number of carbonyl (C=O) groups excluding carboxylic acids is 1. The minimum Gasteiger partial charge on any atom is -0.479 e. The summed E-state index contributed by atoms with van der Waals surface area (Å²) in [4.78, 5) is 21.9. The number of urea groups is 1. The maximum Gasteiger partial charge on any atom is 0.334 e. The van der Waals surface area contributed by atoms with Crippen molar-refractivity contribution >= 4 is 12.0 Å². The fraction of sp³-hybridized carbons (Fsp3) is 0.818. The number of carboxylic acids is 1. The summed E-state index contributed by atoms with van der Waals surface area (Å²) in [7, 11) is 1.29. The van der Waals surface area contributed by atoms with E-state index < -0.39 is 12.1 Å². The number of hydrogen-bond donors (Lipinski definition) is 3. The normalized spacial score (nSPS) is 12.9. The molecule has 1 atom stereocenters. The Labute approximate surface area is 102 Å². The van der Waals surface area contributed by atoms with Crippen LogP contribution < -0.4 is 10.6 Å². The van der Waals surface area contributed by atoms with Crippen molar-refractivity contribution in [1.29, 1.82) is 0 Å². The highest BCUT2D eigenvalue weighted by Gasteiger charge is 2.17. The van der Waals surface area contributed by atoms with E-state index in [4.69, 9.17) is 5.11 Å². The largest absolute Gasteiger partial charge is 0.479 e. The topological polar surface area (TPSA) is 87.7 Å². The summed E-state index contributed by atoms with van der Waals surface area (Å²) in [5, 5.41) is 13.8. The highest BCUT2D eigenvalue weighted by atomic mass is 16.5. The quantitative estimate of drug-likeness (QED) is 0.647. The van der Waals surface area contributed by atoms with Gasteiger partial charge >= 0.3 is 12.0 Å². The van der Waals surface area contributed by atoms with E-state index in [1.54, 1.807) is 0 Å². The average Bonchev–Trinajstić information content (AvgIpc) is 2.16. The second kappa shape index (κ2) is 7.11. The van der Waals surface area contributed by atoms with Crippen LogP contribution in [0.1, 0.15) is 27.2 Å². The molecule has 2 amide bonds. The summed E-state index contributed by atoms with van der Waals surface area (Å²) in [5.41, 5.74) is 0.156. The van der Waals surface area contributed by atoms with Crippen molar-refractivity contribution in [3.8, 4) is 0 Å². The Morgan fingerprint density at radius 1 is 1.29 bits per heavy atom. The molecule has 0 aromatic rings. The lowest BCUT2D eigenvalue weighted by Crippen LogP contribution is -2.43. The predicted molar refractivity (Wildman–Crippen MR) is 63.9 cm³/mol. The Balaban J connectivity index is 3.76. The van der Waals surface area contributed by atoms with Gasteiger partial charge in [0.25, 0.3) is 0 Å². The van der Waals surface area contributed by atoms with Crippen LogP contribution in [0.4, 0.5) is 4.79 Å². The van der Waals surface area contributed by atoms with Gasteiger partial charge in [0.2, 0.25) is 0 Å². The predicted octanol–water partition coefficient (Wildman–Crippen LogP) is 0.821. The molecule has 6 heteroatoms. The summed E-state index contributed by atoms with van der Waals surface area (Å²) in [6.45, 7) is 6.75. The average molecular weight is 246 g/mol. The van der Waals surface area contributed by atoms with E-state index >= 15 is 0 Å². The van der Waals surface area contributed by atoms with Gasteiger partial charge in [0.15, 0.2) is 6.10 Å². The number of methoxy groups -OCH3 is 1. The molecule has 0 heterocycles. The standard InChI is InChI=1S/C11H22N2O4/c1-11(2,3)5-6-12-10(16)13-7-8(17-4)9(14)15/h8H,5-7H2,1-4H3,(H,14,15)(H2,12,13,16). The number of carboxylic acid groups (broad SMARTS) is 1. The summed E-state index contributed by atoms with van der Waals surface area (Å²) in [6.07, 6.45) is -0.157. The smallest absolute Gasteiger partial charge is 0.334 e. The molecule has 0 aliphatic heterocycles. The van der Waals surface area contributed by atoms with Crippen LogP contribution in [-0.2, 0) is 9.53 Å². The number of rotatable bonds is 6.